The van der Waals surface area contributed by atoms with Crippen molar-refractivity contribution in [3.63, 3.8) is 0 Å². The Balaban J connectivity index is 1.36. The molecule has 0 radical (unpaired) electrons. The summed E-state index contributed by atoms with van der Waals surface area (Å²) in [5.74, 6) is -5.32. The van der Waals surface area contributed by atoms with E-state index in [9.17, 15) is 90.8 Å². The minimum atomic E-state index is -4.56. The van der Waals surface area contributed by atoms with Gasteiger partial charge >= 0.3 is 0 Å². The fourth-order valence-corrected chi connectivity index (χ4v) is 20.9. The average Bonchev–Trinajstić information content (AvgIpc) is 0.776. The van der Waals surface area contributed by atoms with E-state index in [1.165, 1.54) is 99.5 Å². The summed E-state index contributed by atoms with van der Waals surface area (Å²) in [6, 6.07) is 0. The third-order valence-corrected chi connectivity index (χ3v) is 29.4. The number of methoxy groups -OCH3 is 14. The Morgan fingerprint density at radius 3 is 0.350 bits per heavy atom. The van der Waals surface area contributed by atoms with Gasteiger partial charge in [-0.05, 0) is 44.9 Å². The summed E-state index contributed by atoms with van der Waals surface area (Å²) in [6.07, 6.45) is -55.3. The summed E-state index contributed by atoms with van der Waals surface area (Å²) in [7, 11) is -14.3. The molecule has 0 aliphatic carbocycles. The van der Waals surface area contributed by atoms with Crippen LogP contribution in [0.1, 0.15) is 44.9 Å². The molecule has 56 nitrogen and oxygen atoms in total. The van der Waals surface area contributed by atoms with Crippen molar-refractivity contribution >= 4 is 70.8 Å². The molecule has 21 heterocycles. The molecule has 35 atom stereocenters. The van der Waals surface area contributed by atoms with Crippen LogP contribution in [-0.4, -0.2) is 538 Å². The van der Waals surface area contributed by atoms with Gasteiger partial charge in [0.2, 0.25) is 0 Å². The van der Waals surface area contributed by atoms with Crippen molar-refractivity contribution in [2.75, 3.05) is 232 Å². The highest BCUT2D eigenvalue weighted by Gasteiger charge is 2.63. The van der Waals surface area contributed by atoms with Gasteiger partial charge < -0.3 is 166 Å². The molecular weight excluding hydrogens is 2050 g/mol. The highest BCUT2D eigenvalue weighted by Crippen LogP contribution is 2.44. The van der Waals surface area contributed by atoms with Crippen LogP contribution in [0.25, 0.3) is 0 Å². The molecule has 21 aliphatic rings. The lowest BCUT2D eigenvalue weighted by Crippen LogP contribution is -2.69. The van der Waals surface area contributed by atoms with Gasteiger partial charge in [0.25, 0.3) is 70.8 Å². The molecule has 35 unspecified atom stereocenters. The van der Waals surface area contributed by atoms with Gasteiger partial charge in [-0.1, -0.05) is 0 Å². The Kier molecular flexibility index (Phi) is 51.5. The number of ether oxygens (including phenoxy) is 35. The van der Waals surface area contributed by atoms with Crippen LogP contribution in [0.3, 0.4) is 0 Å². The lowest BCUT2D eigenvalue weighted by atomic mass is 9.94. The smallest absolute Gasteiger partial charge is 0.264 e. The van der Waals surface area contributed by atoms with Gasteiger partial charge in [-0.25, -0.2) is 0 Å². The molecular formula is C77H140O56S7. The van der Waals surface area contributed by atoms with Crippen LogP contribution in [0, 0.1) is 0 Å². The highest BCUT2D eigenvalue weighted by atomic mass is 32.2. The van der Waals surface area contributed by atoms with E-state index >= 15 is 0 Å². The Hall–Kier alpha value is -2.03. The molecule has 0 aromatic rings. The zero-order valence-electron chi connectivity index (χ0n) is 80.0. The summed E-state index contributed by atoms with van der Waals surface area (Å²) in [4.78, 5) is 0. The van der Waals surface area contributed by atoms with Crippen LogP contribution < -0.4 is 0 Å². The molecule has 14 bridgehead atoms. The Morgan fingerprint density at radius 1 is 0.164 bits per heavy atom. The van der Waals surface area contributed by atoms with Crippen molar-refractivity contribution in [1.82, 2.24) is 0 Å². The maximum absolute atomic E-state index is 12.1. The van der Waals surface area contributed by atoms with Crippen LogP contribution in [0.2, 0.25) is 0 Å². The van der Waals surface area contributed by atoms with Crippen molar-refractivity contribution in [2.45, 2.75) is 260 Å². The van der Waals surface area contributed by atoms with Gasteiger partial charge in [0.05, 0.1) is 86.5 Å². The van der Waals surface area contributed by atoms with E-state index in [1.807, 2.05) is 0 Å². The van der Waals surface area contributed by atoms with E-state index in [0.29, 0.717) is 0 Å². The fourth-order valence-electron chi connectivity index (χ4n) is 17.5. The quantitative estimate of drug-likeness (QED) is 0.0226. The molecule has 0 aromatic carbocycles. The molecule has 7 N–H and O–H groups in total. The Morgan fingerprint density at radius 2 is 0.264 bits per heavy atom. The van der Waals surface area contributed by atoms with E-state index in [-0.39, 0.29) is 91.2 Å². The molecule has 0 aromatic heterocycles. The monoisotopic (exact) mass is 2180 g/mol. The summed E-state index contributed by atoms with van der Waals surface area (Å²) in [5.41, 5.74) is 0. The third-order valence-electron chi connectivity index (χ3n) is 23.8. The molecule has 21 fully saturated rings. The number of rotatable bonds is 56. The van der Waals surface area contributed by atoms with Crippen LogP contribution in [0.5, 0.6) is 0 Å². The normalized spacial score (nSPS) is 36.6. The standard InChI is InChI=1S/C77H140O56S7/c1-99-57-50-43(36-113-22-15-29-134(78,79)80)120-71(64(57)106-8)128-51-44(37-114-23-16-30-135(81,82)83)122-73(66(108-10)58(51)100-2)130-53-46(39-116-25-18-32-137(87,88)89)124-75(68(110-12)60(53)102-4)132-55-48(41-118-27-20-34-139(93,94)95)126-77(70(112-14)62(55)104-6)133-56-49(42-119-28-21-35-140(96,97)98)125-76(69(111-13)63(56)105-7)131-54-47(40-117-26-19-33-138(90,91)92)123-74(67(109-11)61(54)103-5)129-52-45(38-115-24-17-31-136(84,85)86)121-72(127-50)65(107-9)59(52)101-3/h43-77H,15-42H2,1-14H3,(H,78,79,80)(H,81,82,83)(H,84,85,86)(H,87,88,89)(H,90,91,92)(H,93,94,95)(H,96,97,98). The first kappa shape index (κ1) is 123. The summed E-state index contributed by atoms with van der Waals surface area (Å²) < 4.78 is 467. The molecule has 63 heteroatoms. The first-order valence-corrected chi connectivity index (χ1v) is 55.7. The maximum atomic E-state index is 12.1. The maximum Gasteiger partial charge on any atom is 0.264 e. The van der Waals surface area contributed by atoms with Gasteiger partial charge in [-0.2, -0.15) is 58.9 Å². The molecule has 21 saturated heterocycles. The van der Waals surface area contributed by atoms with Crippen molar-refractivity contribution in [1.29, 1.82) is 0 Å². The number of hydrogen-bond acceptors (Lipinski definition) is 49. The molecule has 0 amide bonds. The lowest BCUT2D eigenvalue weighted by Gasteiger charge is -2.52. The van der Waals surface area contributed by atoms with Gasteiger partial charge in [0, 0.05) is 146 Å². The zero-order chi connectivity index (χ0) is 103. The highest BCUT2D eigenvalue weighted by molar-refractivity contribution is 7.87. The minimum Gasteiger partial charge on any atom is -0.379 e. The first-order chi connectivity index (χ1) is 66.2. The second kappa shape index (κ2) is 58.5. The molecule has 140 heavy (non-hydrogen) atoms. The molecule has 0 saturated carbocycles. The summed E-state index contributed by atoms with van der Waals surface area (Å²) in [5, 5.41) is 0. The van der Waals surface area contributed by atoms with Gasteiger partial charge in [-0.3, -0.25) is 31.9 Å². The second-order valence-corrected chi connectivity index (χ2v) is 44.3. The van der Waals surface area contributed by atoms with Crippen LogP contribution in [-0.2, 0) is 237 Å². The van der Waals surface area contributed by atoms with Crippen LogP contribution in [0.15, 0.2) is 0 Å². The van der Waals surface area contributed by atoms with Crippen LogP contribution >= 0.6 is 0 Å². The fraction of sp³-hybridized carbons (Fsp3) is 1.00. The predicted octanol–water partition coefficient (Wildman–Crippen LogP) is -3.96. The lowest BCUT2D eigenvalue weighted by molar-refractivity contribution is -0.403. The topological polar surface area (TPSA) is 704 Å². The van der Waals surface area contributed by atoms with E-state index in [1.54, 1.807) is 0 Å². The Bertz CT molecular complexity index is 3640. The second-order valence-electron chi connectivity index (χ2n) is 33.3. The van der Waals surface area contributed by atoms with E-state index in [0.717, 1.165) is 0 Å². The third kappa shape index (κ3) is 37.5. The largest absolute Gasteiger partial charge is 0.379 e. The molecule has 826 valence electrons. The molecule has 21 aliphatic heterocycles. The minimum absolute atomic E-state index is 0.280. The van der Waals surface area contributed by atoms with Gasteiger partial charge in [0.15, 0.2) is 44.0 Å². The SMILES string of the molecule is COC1C2OC(COCCCS(=O)(=O)O)C(OC3OC(COCCCS(=O)(=O)O)C(OC4OC(COCCCS(=O)(=O)O)C(OC5OC(COCCCS(=O)(=O)O)C(OC6OC(COCCCS(=O)(=O)O)C(OC7OC(COCCCS(=O)(=O)O)C(OC8OC(COCCCS(=O)(=O)O)C(O2)C(OC)C8OC)C(OC)C7OC)C(OC)C6OC)C(OC)C5OC)C(OC)C4OC)C(OC)C3OC)C1OC. The number of hydrogen-bond donors (Lipinski definition) is 7. The summed E-state index contributed by atoms with van der Waals surface area (Å²) >= 11 is 0. The van der Waals surface area contributed by atoms with Crippen molar-refractivity contribution < 1.29 is 257 Å². The van der Waals surface area contributed by atoms with Crippen LogP contribution in [0.4, 0.5) is 0 Å². The predicted molar refractivity (Wildman–Crippen MR) is 469 cm³/mol. The first-order valence-electron chi connectivity index (χ1n) is 44.5. The van der Waals surface area contributed by atoms with Gasteiger partial charge in [-0.15, -0.1) is 0 Å². The van der Waals surface area contributed by atoms with E-state index < -0.39 is 372 Å². The van der Waals surface area contributed by atoms with Gasteiger partial charge in [0.1, 0.15) is 171 Å². The van der Waals surface area contributed by atoms with E-state index in [2.05, 4.69) is 0 Å². The van der Waals surface area contributed by atoms with Crippen molar-refractivity contribution in [3.05, 3.63) is 0 Å². The zero-order valence-corrected chi connectivity index (χ0v) is 85.7. The average molecular weight is 2190 g/mol. The Labute approximate surface area is 815 Å². The summed E-state index contributed by atoms with van der Waals surface area (Å²) in [6.45, 7) is -6.41. The van der Waals surface area contributed by atoms with Crippen molar-refractivity contribution in [3.8, 4) is 0 Å². The molecule has 21 rings (SSSR count). The van der Waals surface area contributed by atoms with E-state index in [4.69, 9.17) is 166 Å². The van der Waals surface area contributed by atoms with Crippen molar-refractivity contribution in [2.24, 2.45) is 0 Å². The molecule has 0 spiro atoms.